The van der Waals surface area contributed by atoms with E-state index in [4.69, 9.17) is 9.47 Å². The van der Waals surface area contributed by atoms with Crippen LogP contribution in [0, 0.1) is 0 Å². The Labute approximate surface area is 196 Å². The maximum atomic E-state index is 12.9. The molecule has 1 aromatic rings. The van der Waals surface area contributed by atoms with Gasteiger partial charge in [0.05, 0.1) is 18.2 Å². The molecule has 0 spiro atoms. The molecule has 2 rings (SSSR count). The van der Waals surface area contributed by atoms with Gasteiger partial charge in [0.2, 0.25) is 5.91 Å². The number of carbonyl (C=O) groups is 3. The third-order valence-electron chi connectivity index (χ3n) is 5.57. The lowest BCUT2D eigenvalue weighted by Gasteiger charge is -2.35. The number of unbranched alkanes of at least 4 members (excludes halogenated alkanes) is 3. The lowest BCUT2D eigenvalue weighted by atomic mass is 9.94. The molecule has 0 bridgehead atoms. The topological polar surface area (TPSA) is 97.0 Å². The molecule has 0 saturated heterocycles. The molecular formula is C25H37N3O5. The second-order valence-corrected chi connectivity index (χ2v) is 8.14. The summed E-state index contributed by atoms with van der Waals surface area (Å²) in [5.41, 5.74) is 2.39. The maximum absolute atomic E-state index is 12.9. The molecular weight excluding hydrogens is 422 g/mol. The highest BCUT2D eigenvalue weighted by atomic mass is 16.6. The van der Waals surface area contributed by atoms with Crippen molar-refractivity contribution >= 4 is 23.6 Å². The van der Waals surface area contributed by atoms with Gasteiger partial charge < -0.3 is 20.1 Å². The van der Waals surface area contributed by atoms with Crippen LogP contribution >= 0.6 is 0 Å². The summed E-state index contributed by atoms with van der Waals surface area (Å²) in [5, 5.41) is 5.84. The van der Waals surface area contributed by atoms with Crippen molar-refractivity contribution in [3.05, 3.63) is 41.1 Å². The van der Waals surface area contributed by atoms with Crippen LogP contribution in [0.2, 0.25) is 0 Å². The van der Waals surface area contributed by atoms with E-state index in [0.29, 0.717) is 36.5 Å². The Bertz CT molecular complexity index is 835. The Morgan fingerprint density at radius 1 is 1.06 bits per heavy atom. The van der Waals surface area contributed by atoms with Gasteiger partial charge in [0, 0.05) is 31.5 Å². The van der Waals surface area contributed by atoms with Crippen LogP contribution in [0.4, 0.5) is 10.5 Å². The highest BCUT2D eigenvalue weighted by Crippen LogP contribution is 2.32. The molecule has 0 saturated carbocycles. The van der Waals surface area contributed by atoms with Gasteiger partial charge in [-0.3, -0.25) is 9.69 Å². The number of esters is 1. The monoisotopic (exact) mass is 459 g/mol. The first kappa shape index (κ1) is 26.4. The molecule has 1 atom stereocenters. The van der Waals surface area contributed by atoms with Crippen LogP contribution in [-0.2, 0) is 19.1 Å². The molecule has 0 aliphatic carbocycles. The molecule has 2 N–H and O–H groups in total. The molecule has 8 heteroatoms. The highest BCUT2D eigenvalue weighted by molar-refractivity contribution is 5.95. The predicted molar refractivity (Wildman–Crippen MR) is 128 cm³/mol. The number of carbonyl (C=O) groups excluding carboxylic acids is 3. The smallest absolute Gasteiger partial charge is 0.338 e. The van der Waals surface area contributed by atoms with Crippen molar-refractivity contribution in [2.24, 2.45) is 0 Å². The summed E-state index contributed by atoms with van der Waals surface area (Å²) < 4.78 is 10.3. The van der Waals surface area contributed by atoms with Gasteiger partial charge in [0.15, 0.2) is 0 Å². The summed E-state index contributed by atoms with van der Waals surface area (Å²) in [6, 6.07) is 6.29. The fourth-order valence-corrected chi connectivity index (χ4v) is 3.78. The van der Waals surface area contributed by atoms with E-state index in [9.17, 15) is 14.4 Å². The van der Waals surface area contributed by atoms with E-state index >= 15 is 0 Å². The molecule has 8 nitrogen and oxygen atoms in total. The van der Waals surface area contributed by atoms with E-state index in [1.54, 1.807) is 24.0 Å². The molecule has 0 fully saturated rings. The Morgan fingerprint density at radius 3 is 2.42 bits per heavy atom. The zero-order chi connectivity index (χ0) is 24.2. The molecule has 182 valence electrons. The molecule has 1 heterocycles. The zero-order valence-electron chi connectivity index (χ0n) is 20.2. The summed E-state index contributed by atoms with van der Waals surface area (Å²) in [6.45, 7) is 6.80. The molecule has 33 heavy (non-hydrogen) atoms. The van der Waals surface area contributed by atoms with Crippen LogP contribution in [0.15, 0.2) is 35.5 Å². The Hall–Kier alpha value is -2.87. The normalized spacial score (nSPS) is 15.9. The number of hydrogen-bond acceptors (Lipinski definition) is 5. The number of ether oxygens (including phenoxy) is 2. The molecule has 0 radical (unpaired) electrons. The van der Waals surface area contributed by atoms with Gasteiger partial charge in [-0.05, 0) is 37.5 Å². The molecule has 3 amide bonds. The number of methoxy groups -OCH3 is 1. The minimum Gasteiger partial charge on any atom is -0.460 e. The van der Waals surface area contributed by atoms with Gasteiger partial charge in [-0.25, -0.2) is 9.59 Å². The predicted octanol–water partition coefficient (Wildman–Crippen LogP) is 4.54. The van der Waals surface area contributed by atoms with Crippen LogP contribution in [-0.4, -0.2) is 49.7 Å². The molecule has 1 unspecified atom stereocenters. The van der Waals surface area contributed by atoms with Crippen molar-refractivity contribution in [3.8, 4) is 0 Å². The lowest BCUT2D eigenvalue weighted by molar-refractivity contribution is -0.141. The van der Waals surface area contributed by atoms with Gasteiger partial charge in [-0.2, -0.15) is 0 Å². The second-order valence-electron chi connectivity index (χ2n) is 8.14. The Kier molecular flexibility index (Phi) is 10.9. The number of allylic oxidation sites excluding steroid dienone is 1. The van der Waals surface area contributed by atoms with Gasteiger partial charge in [0.25, 0.3) is 0 Å². The third kappa shape index (κ3) is 7.60. The first-order valence-electron chi connectivity index (χ1n) is 11.8. The average Bonchev–Trinajstić information content (AvgIpc) is 2.79. The molecule has 0 aromatic heterocycles. The molecule has 1 aliphatic rings. The number of rotatable bonds is 13. The fraction of sp³-hybridized carbons (Fsp3) is 0.560. The second kappa shape index (κ2) is 13.6. The van der Waals surface area contributed by atoms with Crippen molar-refractivity contribution in [2.45, 2.75) is 65.3 Å². The number of amides is 3. The summed E-state index contributed by atoms with van der Waals surface area (Å²) in [4.78, 5) is 39.4. The first-order valence-corrected chi connectivity index (χ1v) is 11.8. The standard InChI is InChI=1S/C25H37N3O5/c1-5-7-8-9-10-21(29)26-20-13-11-19(12-14-20)23-22(24(30)33-17-16-32-4)18(3)28(15-6-2)25(31)27-23/h11-14,23H,5-10,15-17H2,1-4H3,(H,26,29)(H,27,31). The van der Waals surface area contributed by atoms with Crippen molar-refractivity contribution in [3.63, 3.8) is 0 Å². The van der Waals surface area contributed by atoms with Crippen LogP contribution in [0.25, 0.3) is 0 Å². The maximum Gasteiger partial charge on any atom is 0.338 e. The van der Waals surface area contributed by atoms with Crippen molar-refractivity contribution < 1.29 is 23.9 Å². The van der Waals surface area contributed by atoms with Gasteiger partial charge >= 0.3 is 12.0 Å². The van der Waals surface area contributed by atoms with Gasteiger partial charge in [-0.15, -0.1) is 0 Å². The quantitative estimate of drug-likeness (QED) is 0.334. The minimum atomic E-state index is -0.639. The number of benzene rings is 1. The lowest BCUT2D eigenvalue weighted by Crippen LogP contribution is -2.48. The summed E-state index contributed by atoms with van der Waals surface area (Å²) in [7, 11) is 1.54. The average molecular weight is 460 g/mol. The first-order chi connectivity index (χ1) is 15.9. The van der Waals surface area contributed by atoms with Crippen LogP contribution < -0.4 is 10.6 Å². The van der Waals surface area contributed by atoms with Gasteiger partial charge in [-0.1, -0.05) is 45.2 Å². The van der Waals surface area contributed by atoms with E-state index in [0.717, 1.165) is 37.7 Å². The number of nitrogens with zero attached hydrogens (tertiary/aromatic N) is 1. The SMILES string of the molecule is CCCCCCC(=O)Nc1ccc(C2NC(=O)N(CCC)C(C)=C2C(=O)OCCOC)cc1. The van der Waals surface area contributed by atoms with E-state index in [1.807, 2.05) is 19.1 Å². The van der Waals surface area contributed by atoms with Crippen LogP contribution in [0.5, 0.6) is 0 Å². The van der Waals surface area contributed by atoms with E-state index in [1.165, 1.54) is 7.11 Å². The fourth-order valence-electron chi connectivity index (χ4n) is 3.78. The van der Waals surface area contributed by atoms with Crippen LogP contribution in [0.1, 0.15) is 70.9 Å². The number of anilines is 1. The molecule has 1 aromatic carbocycles. The van der Waals surface area contributed by atoms with E-state index in [2.05, 4.69) is 17.6 Å². The molecule has 1 aliphatic heterocycles. The summed E-state index contributed by atoms with van der Waals surface area (Å²) >= 11 is 0. The van der Waals surface area contributed by atoms with E-state index in [-0.39, 0.29) is 18.5 Å². The van der Waals surface area contributed by atoms with Gasteiger partial charge in [0.1, 0.15) is 6.61 Å². The van der Waals surface area contributed by atoms with Crippen molar-refractivity contribution in [1.29, 1.82) is 0 Å². The van der Waals surface area contributed by atoms with Crippen LogP contribution in [0.3, 0.4) is 0 Å². The summed E-state index contributed by atoms with van der Waals surface area (Å²) in [6.07, 6.45) is 5.44. The number of urea groups is 1. The van der Waals surface area contributed by atoms with E-state index < -0.39 is 12.0 Å². The van der Waals surface area contributed by atoms with Crippen molar-refractivity contribution in [2.75, 3.05) is 32.2 Å². The zero-order valence-corrected chi connectivity index (χ0v) is 20.2. The Balaban J connectivity index is 2.18. The minimum absolute atomic E-state index is 0.0156. The highest BCUT2D eigenvalue weighted by Gasteiger charge is 2.36. The Morgan fingerprint density at radius 2 is 1.79 bits per heavy atom. The van der Waals surface area contributed by atoms with Crippen molar-refractivity contribution in [1.82, 2.24) is 10.2 Å². The number of nitrogens with one attached hydrogen (secondary N) is 2. The third-order valence-corrected chi connectivity index (χ3v) is 5.57. The largest absolute Gasteiger partial charge is 0.460 e. The number of hydrogen-bond donors (Lipinski definition) is 2. The summed E-state index contributed by atoms with van der Waals surface area (Å²) in [5.74, 6) is -0.502.